The van der Waals surface area contributed by atoms with E-state index < -0.39 is 0 Å². The second-order valence-corrected chi connectivity index (χ2v) is 6.39. The van der Waals surface area contributed by atoms with Crippen molar-refractivity contribution in [2.75, 3.05) is 31.6 Å². The first-order valence-electron chi connectivity index (χ1n) is 7.28. The van der Waals surface area contributed by atoms with Gasteiger partial charge in [-0.2, -0.15) is 0 Å². The Bertz CT molecular complexity index is 670. The van der Waals surface area contributed by atoms with Gasteiger partial charge in [-0.25, -0.2) is 9.37 Å². The molecule has 1 aliphatic rings. The molecule has 22 heavy (non-hydrogen) atoms. The van der Waals surface area contributed by atoms with Gasteiger partial charge in [-0.05, 0) is 25.0 Å². The molecule has 1 amide bonds. The van der Waals surface area contributed by atoms with Crippen LogP contribution in [0, 0.1) is 5.82 Å². The lowest BCUT2D eigenvalue weighted by molar-refractivity contribution is -0.120. The molecule has 5 nitrogen and oxygen atoms in total. The number of hydrogen-bond donors (Lipinski definition) is 1. The molecule has 118 valence electrons. The Labute approximate surface area is 132 Å². The Morgan fingerprint density at radius 2 is 2.45 bits per heavy atom. The molecular formula is C15H18FN3O2S. The van der Waals surface area contributed by atoms with E-state index in [-0.39, 0.29) is 24.4 Å². The number of aromatic nitrogens is 1. The summed E-state index contributed by atoms with van der Waals surface area (Å²) in [4.78, 5) is 18.0. The Kier molecular flexibility index (Phi) is 4.54. The molecular weight excluding hydrogens is 305 g/mol. The van der Waals surface area contributed by atoms with E-state index in [1.807, 2.05) is 6.07 Å². The number of halogens is 1. The molecule has 0 bridgehead atoms. The molecule has 0 radical (unpaired) electrons. The molecule has 1 N–H and O–H groups in total. The molecule has 0 aliphatic carbocycles. The van der Waals surface area contributed by atoms with Crippen molar-refractivity contribution in [3.05, 3.63) is 24.0 Å². The second kappa shape index (κ2) is 6.58. The summed E-state index contributed by atoms with van der Waals surface area (Å²) in [7, 11) is 1.78. The monoisotopic (exact) mass is 323 g/mol. The number of nitrogens with one attached hydrogen (secondary N) is 1. The normalized spacial score (nSPS) is 17.8. The summed E-state index contributed by atoms with van der Waals surface area (Å²) in [6.45, 7) is 1.51. The maximum atomic E-state index is 13.7. The van der Waals surface area contributed by atoms with Crippen LogP contribution in [-0.2, 0) is 9.53 Å². The number of benzene rings is 1. The van der Waals surface area contributed by atoms with Crippen molar-refractivity contribution in [2.24, 2.45) is 0 Å². The molecule has 2 aromatic rings. The summed E-state index contributed by atoms with van der Waals surface area (Å²) in [5.74, 6) is -0.422. The summed E-state index contributed by atoms with van der Waals surface area (Å²) < 4.78 is 19.9. The summed E-state index contributed by atoms with van der Waals surface area (Å²) in [5, 5.41) is 3.50. The van der Waals surface area contributed by atoms with Crippen molar-refractivity contribution in [1.82, 2.24) is 10.3 Å². The molecule has 7 heteroatoms. The average Bonchev–Trinajstić information content (AvgIpc) is 3.15. The van der Waals surface area contributed by atoms with Gasteiger partial charge >= 0.3 is 0 Å². The minimum absolute atomic E-state index is 0.0854. The fraction of sp³-hybridized carbons (Fsp3) is 0.467. The highest BCUT2D eigenvalue weighted by Gasteiger charge is 2.18. The van der Waals surface area contributed by atoms with Crippen molar-refractivity contribution in [2.45, 2.75) is 18.9 Å². The van der Waals surface area contributed by atoms with Gasteiger partial charge in [0.2, 0.25) is 5.91 Å². The third kappa shape index (κ3) is 3.36. The molecule has 1 aromatic heterocycles. The van der Waals surface area contributed by atoms with Gasteiger partial charge in [0, 0.05) is 20.2 Å². The van der Waals surface area contributed by atoms with E-state index >= 15 is 0 Å². The number of fused-ring (bicyclic) bond motifs is 1. The first-order chi connectivity index (χ1) is 10.6. The van der Waals surface area contributed by atoms with Gasteiger partial charge in [0.1, 0.15) is 11.3 Å². The van der Waals surface area contributed by atoms with Crippen LogP contribution in [0.3, 0.4) is 0 Å². The Hall–Kier alpha value is -1.73. The van der Waals surface area contributed by atoms with Crippen LogP contribution in [0.25, 0.3) is 10.2 Å². The maximum absolute atomic E-state index is 13.7. The number of para-hydroxylation sites is 1. The standard InChI is InChI=1S/C15H18FN3O2S/c1-19(9-13(20)17-8-10-4-3-7-21-10)15-18-14-11(16)5-2-6-12(14)22-15/h2,5-6,10H,3-4,7-9H2,1H3,(H,17,20). The van der Waals surface area contributed by atoms with E-state index in [0.717, 1.165) is 24.1 Å². The van der Waals surface area contributed by atoms with Crippen LogP contribution >= 0.6 is 11.3 Å². The number of carbonyl (C=O) groups excluding carboxylic acids is 1. The van der Waals surface area contributed by atoms with Gasteiger partial charge in [-0.15, -0.1) is 0 Å². The molecule has 1 aliphatic heterocycles. The van der Waals surface area contributed by atoms with Crippen LogP contribution < -0.4 is 10.2 Å². The summed E-state index contributed by atoms with van der Waals surface area (Å²) in [6, 6.07) is 4.87. The second-order valence-electron chi connectivity index (χ2n) is 5.38. The number of nitrogens with zero attached hydrogens (tertiary/aromatic N) is 2. The van der Waals surface area contributed by atoms with Crippen LogP contribution in [-0.4, -0.2) is 43.7 Å². The van der Waals surface area contributed by atoms with Crippen LogP contribution in [0.4, 0.5) is 9.52 Å². The topological polar surface area (TPSA) is 54.5 Å². The third-order valence-electron chi connectivity index (χ3n) is 3.62. The minimum atomic E-state index is -0.337. The van der Waals surface area contributed by atoms with Crippen molar-refractivity contribution >= 4 is 32.6 Å². The largest absolute Gasteiger partial charge is 0.376 e. The number of likely N-dealkylation sites (N-methyl/N-ethyl adjacent to an activating group) is 1. The van der Waals surface area contributed by atoms with Gasteiger partial charge in [-0.1, -0.05) is 17.4 Å². The molecule has 0 spiro atoms. The van der Waals surface area contributed by atoms with Crippen LogP contribution in [0.5, 0.6) is 0 Å². The number of ether oxygens (including phenoxy) is 1. The molecule has 1 unspecified atom stereocenters. The summed E-state index contributed by atoms with van der Waals surface area (Å²) >= 11 is 1.38. The Morgan fingerprint density at radius 3 is 3.18 bits per heavy atom. The van der Waals surface area contributed by atoms with Crippen molar-refractivity contribution in [3.63, 3.8) is 0 Å². The predicted octanol–water partition coefficient (Wildman–Crippen LogP) is 2.17. The molecule has 1 fully saturated rings. The first kappa shape index (κ1) is 15.2. The lowest BCUT2D eigenvalue weighted by Gasteiger charge is -2.16. The van der Waals surface area contributed by atoms with Gasteiger partial charge in [0.25, 0.3) is 0 Å². The van der Waals surface area contributed by atoms with Gasteiger partial charge in [0.15, 0.2) is 5.13 Å². The number of amides is 1. The van der Waals surface area contributed by atoms with E-state index in [9.17, 15) is 9.18 Å². The SMILES string of the molecule is CN(CC(=O)NCC1CCCO1)c1nc2c(F)cccc2s1. The number of hydrogen-bond acceptors (Lipinski definition) is 5. The van der Waals surface area contributed by atoms with Gasteiger partial charge in [-0.3, -0.25) is 4.79 Å². The van der Waals surface area contributed by atoms with Crippen LogP contribution in [0.2, 0.25) is 0 Å². The third-order valence-corrected chi connectivity index (χ3v) is 4.75. The van der Waals surface area contributed by atoms with E-state index in [1.54, 1.807) is 18.0 Å². The minimum Gasteiger partial charge on any atom is -0.376 e. The summed E-state index contributed by atoms with van der Waals surface area (Å²) in [5.41, 5.74) is 0.356. The fourth-order valence-electron chi connectivity index (χ4n) is 2.44. The number of rotatable bonds is 5. The zero-order valence-corrected chi connectivity index (χ0v) is 13.2. The Morgan fingerprint density at radius 1 is 1.59 bits per heavy atom. The van der Waals surface area contributed by atoms with E-state index in [0.29, 0.717) is 17.2 Å². The number of thiazole rings is 1. The highest BCUT2D eigenvalue weighted by Crippen LogP contribution is 2.29. The predicted molar refractivity (Wildman–Crippen MR) is 84.8 cm³/mol. The number of carbonyl (C=O) groups is 1. The van der Waals surface area contributed by atoms with Crippen LogP contribution in [0.1, 0.15) is 12.8 Å². The lowest BCUT2D eigenvalue weighted by atomic mass is 10.2. The van der Waals surface area contributed by atoms with Gasteiger partial charge in [0.05, 0.1) is 17.3 Å². The molecule has 1 aromatic carbocycles. The van der Waals surface area contributed by atoms with Crippen LogP contribution in [0.15, 0.2) is 18.2 Å². The van der Waals surface area contributed by atoms with E-state index in [2.05, 4.69) is 10.3 Å². The zero-order valence-electron chi connectivity index (χ0n) is 12.3. The average molecular weight is 323 g/mol. The highest BCUT2D eigenvalue weighted by molar-refractivity contribution is 7.22. The zero-order chi connectivity index (χ0) is 15.5. The lowest BCUT2D eigenvalue weighted by Crippen LogP contribution is -2.38. The van der Waals surface area contributed by atoms with Crippen molar-refractivity contribution < 1.29 is 13.9 Å². The fourth-order valence-corrected chi connectivity index (χ4v) is 3.38. The summed E-state index contributed by atoms with van der Waals surface area (Å²) in [6.07, 6.45) is 2.18. The highest BCUT2D eigenvalue weighted by atomic mass is 32.1. The van der Waals surface area contributed by atoms with Gasteiger partial charge < -0.3 is 15.0 Å². The molecule has 1 atom stereocenters. The smallest absolute Gasteiger partial charge is 0.239 e. The number of anilines is 1. The van der Waals surface area contributed by atoms with Crippen molar-refractivity contribution in [1.29, 1.82) is 0 Å². The molecule has 2 heterocycles. The van der Waals surface area contributed by atoms with E-state index in [4.69, 9.17) is 4.74 Å². The maximum Gasteiger partial charge on any atom is 0.239 e. The Balaban J connectivity index is 1.58. The molecule has 0 saturated carbocycles. The molecule has 1 saturated heterocycles. The quantitative estimate of drug-likeness (QED) is 0.916. The molecule has 3 rings (SSSR count). The van der Waals surface area contributed by atoms with E-state index in [1.165, 1.54) is 17.4 Å². The van der Waals surface area contributed by atoms with Crippen molar-refractivity contribution in [3.8, 4) is 0 Å². The first-order valence-corrected chi connectivity index (χ1v) is 8.09.